The van der Waals surface area contributed by atoms with E-state index in [9.17, 15) is 14.4 Å². The predicted molar refractivity (Wildman–Crippen MR) is 104 cm³/mol. The number of morpholine rings is 1. The van der Waals surface area contributed by atoms with Gasteiger partial charge in [-0.05, 0) is 6.92 Å². The molecular weight excluding hydrogens is 380 g/mol. The van der Waals surface area contributed by atoms with Crippen molar-refractivity contribution in [3.8, 4) is 5.88 Å². The number of rotatable bonds is 8. The minimum atomic E-state index is -0.538. The van der Waals surface area contributed by atoms with Crippen LogP contribution in [0.5, 0.6) is 5.88 Å². The van der Waals surface area contributed by atoms with Crippen molar-refractivity contribution in [2.45, 2.75) is 19.9 Å². The minimum Gasteiger partial charge on any atom is -0.476 e. The van der Waals surface area contributed by atoms with Crippen LogP contribution in [0.2, 0.25) is 0 Å². The Kier molecular flexibility index (Phi) is 6.95. The van der Waals surface area contributed by atoms with Crippen LogP contribution >= 0.6 is 0 Å². The highest BCUT2D eigenvalue weighted by Crippen LogP contribution is 2.18. The second-order valence-electron chi connectivity index (χ2n) is 6.46. The monoisotopic (exact) mass is 404 g/mol. The summed E-state index contributed by atoms with van der Waals surface area (Å²) in [5, 5.41) is 2.73. The van der Waals surface area contributed by atoms with Crippen LogP contribution in [0.25, 0.3) is 0 Å². The molecule has 0 bridgehead atoms. The van der Waals surface area contributed by atoms with E-state index in [-0.39, 0.29) is 25.5 Å². The van der Waals surface area contributed by atoms with Crippen LogP contribution in [0.3, 0.4) is 0 Å². The van der Waals surface area contributed by atoms with Gasteiger partial charge in [-0.2, -0.15) is 4.98 Å². The number of nitrogens with one attached hydrogen (secondary N) is 2. The van der Waals surface area contributed by atoms with E-state index in [1.54, 1.807) is 13.0 Å². The van der Waals surface area contributed by atoms with Gasteiger partial charge in [0, 0.05) is 44.4 Å². The van der Waals surface area contributed by atoms with Crippen LogP contribution in [0.4, 0.5) is 5.82 Å². The van der Waals surface area contributed by atoms with Crippen molar-refractivity contribution in [1.82, 2.24) is 24.8 Å². The molecule has 3 rings (SSSR count). The molecule has 1 saturated heterocycles. The van der Waals surface area contributed by atoms with Gasteiger partial charge in [-0.1, -0.05) is 0 Å². The van der Waals surface area contributed by atoms with Gasteiger partial charge in [0.1, 0.15) is 18.2 Å². The number of carbonyl (C=O) groups excluding carboxylic acids is 1. The van der Waals surface area contributed by atoms with E-state index in [0.717, 1.165) is 18.9 Å². The Morgan fingerprint density at radius 2 is 2.10 bits per heavy atom. The van der Waals surface area contributed by atoms with E-state index in [4.69, 9.17) is 9.47 Å². The smallest absolute Gasteiger partial charge is 0.328 e. The van der Waals surface area contributed by atoms with Crippen molar-refractivity contribution in [2.24, 2.45) is 0 Å². The molecule has 1 amide bonds. The molecule has 2 aromatic rings. The van der Waals surface area contributed by atoms with Gasteiger partial charge in [0.05, 0.1) is 19.8 Å². The molecule has 2 N–H and O–H groups in total. The molecule has 11 heteroatoms. The molecule has 29 heavy (non-hydrogen) atoms. The largest absolute Gasteiger partial charge is 0.476 e. The molecule has 0 unspecified atom stereocenters. The van der Waals surface area contributed by atoms with E-state index in [1.165, 1.54) is 16.8 Å². The number of aryl methyl sites for hydroxylation is 2. The molecule has 3 heterocycles. The summed E-state index contributed by atoms with van der Waals surface area (Å²) in [5.74, 6) is 1.64. The zero-order chi connectivity index (χ0) is 20.6. The lowest BCUT2D eigenvalue weighted by Gasteiger charge is -2.28. The lowest BCUT2D eigenvalue weighted by molar-refractivity contribution is -0.121. The molecule has 156 valence electrons. The second kappa shape index (κ2) is 9.82. The molecule has 11 nitrogen and oxygen atoms in total. The van der Waals surface area contributed by atoms with Crippen molar-refractivity contribution in [3.05, 3.63) is 45.0 Å². The van der Waals surface area contributed by atoms with Gasteiger partial charge >= 0.3 is 5.69 Å². The summed E-state index contributed by atoms with van der Waals surface area (Å²) in [5.41, 5.74) is -1.01. The molecular formula is C18H24N6O5. The first-order chi connectivity index (χ1) is 14.0. The van der Waals surface area contributed by atoms with Gasteiger partial charge in [0.15, 0.2) is 0 Å². The van der Waals surface area contributed by atoms with Crippen LogP contribution in [0.15, 0.2) is 27.9 Å². The topological polar surface area (TPSA) is 131 Å². The van der Waals surface area contributed by atoms with Gasteiger partial charge in [-0.25, -0.2) is 9.78 Å². The summed E-state index contributed by atoms with van der Waals surface area (Å²) >= 11 is 0. The molecule has 0 radical (unpaired) electrons. The first-order valence-electron chi connectivity index (χ1n) is 9.39. The summed E-state index contributed by atoms with van der Waals surface area (Å²) in [6.45, 7) is 5.40. The van der Waals surface area contributed by atoms with Gasteiger partial charge in [0.25, 0.3) is 5.56 Å². The van der Waals surface area contributed by atoms with Gasteiger partial charge < -0.3 is 24.3 Å². The van der Waals surface area contributed by atoms with E-state index < -0.39 is 11.2 Å². The van der Waals surface area contributed by atoms with Crippen LogP contribution < -0.4 is 26.2 Å². The number of amides is 1. The maximum Gasteiger partial charge on any atom is 0.328 e. The van der Waals surface area contributed by atoms with E-state index in [0.29, 0.717) is 31.5 Å². The molecule has 0 spiro atoms. The molecule has 1 aliphatic rings. The third-order valence-electron chi connectivity index (χ3n) is 4.29. The van der Waals surface area contributed by atoms with Gasteiger partial charge in [-0.15, -0.1) is 0 Å². The molecule has 0 aliphatic carbocycles. The van der Waals surface area contributed by atoms with Crippen molar-refractivity contribution >= 4 is 11.7 Å². The summed E-state index contributed by atoms with van der Waals surface area (Å²) in [6, 6.07) is 3.02. The third-order valence-corrected chi connectivity index (χ3v) is 4.29. The number of carbonyl (C=O) groups is 1. The Bertz CT molecular complexity index is 950. The fourth-order valence-corrected chi connectivity index (χ4v) is 2.83. The molecule has 0 saturated carbocycles. The Morgan fingerprint density at radius 3 is 2.86 bits per heavy atom. The van der Waals surface area contributed by atoms with E-state index in [2.05, 4.69) is 25.2 Å². The van der Waals surface area contributed by atoms with Gasteiger partial charge in [-0.3, -0.25) is 14.6 Å². The fraction of sp³-hybridized carbons (Fsp3) is 0.500. The number of nitrogens with zero attached hydrogens (tertiary/aromatic N) is 4. The first-order valence-corrected chi connectivity index (χ1v) is 9.39. The molecule has 1 fully saturated rings. The zero-order valence-corrected chi connectivity index (χ0v) is 16.2. The first kappa shape index (κ1) is 20.5. The lowest BCUT2D eigenvalue weighted by Crippen LogP contribution is -2.37. The minimum absolute atomic E-state index is 0.111. The summed E-state index contributed by atoms with van der Waals surface area (Å²) in [6.07, 6.45) is 1.47. The second-order valence-corrected chi connectivity index (χ2v) is 6.46. The quantitative estimate of drug-likeness (QED) is 0.539. The van der Waals surface area contributed by atoms with Crippen molar-refractivity contribution in [2.75, 3.05) is 44.4 Å². The maximum absolute atomic E-state index is 11.9. The Hall–Kier alpha value is -3.21. The lowest BCUT2D eigenvalue weighted by atomic mass is 10.4. The summed E-state index contributed by atoms with van der Waals surface area (Å²) in [7, 11) is 0. The van der Waals surface area contributed by atoms with Gasteiger partial charge in [0.2, 0.25) is 11.8 Å². The average Bonchev–Trinajstić information content (AvgIpc) is 2.71. The average molecular weight is 404 g/mol. The van der Waals surface area contributed by atoms with Crippen LogP contribution in [0.1, 0.15) is 12.2 Å². The maximum atomic E-state index is 11.9. The molecule has 0 aromatic carbocycles. The summed E-state index contributed by atoms with van der Waals surface area (Å²) in [4.78, 5) is 47.5. The normalized spacial score (nSPS) is 13.9. The Balaban J connectivity index is 1.42. The number of hydrogen-bond acceptors (Lipinski definition) is 8. The number of H-pyrrole nitrogens is 1. The fourth-order valence-electron chi connectivity index (χ4n) is 2.83. The predicted octanol–water partition coefficient (Wildman–Crippen LogP) is -0.943. The highest BCUT2D eigenvalue weighted by atomic mass is 16.5. The number of ether oxygens (including phenoxy) is 2. The molecule has 1 aliphatic heterocycles. The van der Waals surface area contributed by atoms with Crippen molar-refractivity contribution in [1.29, 1.82) is 0 Å². The number of hydrogen-bond donors (Lipinski definition) is 2. The van der Waals surface area contributed by atoms with E-state index >= 15 is 0 Å². The van der Waals surface area contributed by atoms with Crippen LogP contribution in [-0.4, -0.2) is 64.9 Å². The van der Waals surface area contributed by atoms with Crippen LogP contribution in [0, 0.1) is 6.92 Å². The van der Waals surface area contributed by atoms with Crippen LogP contribution in [-0.2, 0) is 16.1 Å². The van der Waals surface area contributed by atoms with Crippen molar-refractivity contribution in [3.63, 3.8) is 0 Å². The highest BCUT2D eigenvalue weighted by molar-refractivity contribution is 5.75. The number of aromatic nitrogens is 4. The SMILES string of the molecule is Cc1nc(OCCNC(=O)CCn2ccc(=O)[nH]c2=O)cc(N2CCOCC2)n1. The highest BCUT2D eigenvalue weighted by Gasteiger charge is 2.14. The van der Waals surface area contributed by atoms with Crippen molar-refractivity contribution < 1.29 is 14.3 Å². The van der Waals surface area contributed by atoms with E-state index in [1.807, 2.05) is 0 Å². The number of anilines is 1. The summed E-state index contributed by atoms with van der Waals surface area (Å²) < 4.78 is 12.3. The number of aromatic amines is 1. The molecule has 0 atom stereocenters. The Labute approximate surface area is 166 Å². The zero-order valence-electron chi connectivity index (χ0n) is 16.2. The molecule has 2 aromatic heterocycles. The Morgan fingerprint density at radius 1 is 1.31 bits per heavy atom. The standard InChI is InChI=1S/C18H24N6O5/c1-13-20-14(23-7-10-28-11-8-23)12-17(21-13)29-9-4-19-15(25)2-5-24-6-3-16(26)22-18(24)27/h3,6,12H,2,4-5,7-11H2,1H3,(H,19,25)(H,22,26,27). The third kappa shape index (κ3) is 6.14.